The number of imidazole rings is 1. The number of halogens is 4. The van der Waals surface area contributed by atoms with Crippen molar-refractivity contribution in [1.82, 2.24) is 24.6 Å². The van der Waals surface area contributed by atoms with Crippen LogP contribution >= 0.6 is 11.6 Å². The van der Waals surface area contributed by atoms with Crippen molar-refractivity contribution in [2.24, 2.45) is 0 Å². The standard InChI is InChI=1S/C21H21ClF3N5O/c22-18-13-27-19-6-4-5-15(30(18)19)20(31)28-12-16(29-9-2-1-3-10-29)14-7-8-17(26-11-14)21(23,24)25/h4-8,11,13,16H,1-3,9-10,12H2,(H,28,31). The highest BCUT2D eigenvalue weighted by Gasteiger charge is 2.33. The molecule has 164 valence electrons. The maximum atomic E-state index is 12.9. The highest BCUT2D eigenvalue weighted by molar-refractivity contribution is 6.30. The summed E-state index contributed by atoms with van der Waals surface area (Å²) in [5.41, 5.74) is 0.591. The first-order valence-corrected chi connectivity index (χ1v) is 10.4. The molecule has 10 heteroatoms. The van der Waals surface area contributed by atoms with Crippen LogP contribution in [0.25, 0.3) is 5.65 Å². The van der Waals surface area contributed by atoms with Crippen LogP contribution in [-0.4, -0.2) is 44.8 Å². The van der Waals surface area contributed by atoms with Crippen molar-refractivity contribution in [3.8, 4) is 0 Å². The topological polar surface area (TPSA) is 62.5 Å². The maximum absolute atomic E-state index is 12.9. The van der Waals surface area contributed by atoms with Crippen LogP contribution < -0.4 is 5.32 Å². The molecule has 0 radical (unpaired) electrons. The second-order valence-corrected chi connectivity index (χ2v) is 7.87. The number of amides is 1. The first kappa shape index (κ1) is 21.6. The molecule has 31 heavy (non-hydrogen) atoms. The summed E-state index contributed by atoms with van der Waals surface area (Å²) in [7, 11) is 0. The van der Waals surface area contributed by atoms with E-state index in [1.807, 2.05) is 0 Å². The quantitative estimate of drug-likeness (QED) is 0.626. The Morgan fingerprint density at radius 1 is 1.10 bits per heavy atom. The molecule has 1 aliphatic heterocycles. The van der Waals surface area contributed by atoms with Gasteiger partial charge in [-0.2, -0.15) is 13.2 Å². The molecule has 4 rings (SSSR count). The van der Waals surface area contributed by atoms with E-state index >= 15 is 0 Å². The van der Waals surface area contributed by atoms with E-state index in [0.29, 0.717) is 22.1 Å². The van der Waals surface area contributed by atoms with E-state index in [-0.39, 0.29) is 18.5 Å². The molecule has 0 aromatic carbocycles. The van der Waals surface area contributed by atoms with Crippen LogP contribution in [0.15, 0.2) is 42.7 Å². The molecule has 1 unspecified atom stereocenters. The number of piperidine rings is 1. The lowest BCUT2D eigenvalue weighted by Crippen LogP contribution is -2.41. The smallest absolute Gasteiger partial charge is 0.349 e. The molecular weight excluding hydrogens is 431 g/mol. The summed E-state index contributed by atoms with van der Waals surface area (Å²) in [4.78, 5) is 22.8. The number of alkyl halides is 3. The van der Waals surface area contributed by atoms with E-state index in [1.165, 1.54) is 18.5 Å². The first-order valence-electron chi connectivity index (χ1n) is 10.0. The molecule has 4 heterocycles. The third-order valence-corrected chi connectivity index (χ3v) is 5.73. The molecule has 1 saturated heterocycles. The average Bonchev–Trinajstić information content (AvgIpc) is 3.15. The lowest BCUT2D eigenvalue weighted by molar-refractivity contribution is -0.141. The Kier molecular flexibility index (Phi) is 6.15. The minimum atomic E-state index is -4.49. The van der Waals surface area contributed by atoms with Gasteiger partial charge in [-0.3, -0.25) is 19.1 Å². The van der Waals surface area contributed by atoms with Crippen molar-refractivity contribution in [2.45, 2.75) is 31.5 Å². The van der Waals surface area contributed by atoms with Gasteiger partial charge < -0.3 is 5.32 Å². The van der Waals surface area contributed by atoms with E-state index in [1.54, 1.807) is 22.6 Å². The van der Waals surface area contributed by atoms with Crippen LogP contribution in [0.4, 0.5) is 13.2 Å². The Balaban J connectivity index is 1.56. The number of carbonyl (C=O) groups is 1. The number of hydrogen-bond donors (Lipinski definition) is 1. The zero-order valence-corrected chi connectivity index (χ0v) is 17.3. The number of nitrogens with zero attached hydrogens (tertiary/aromatic N) is 4. The monoisotopic (exact) mass is 451 g/mol. The lowest BCUT2D eigenvalue weighted by atomic mass is 10.0. The second kappa shape index (κ2) is 8.84. The number of likely N-dealkylation sites (tertiary alicyclic amines) is 1. The Labute approximate surface area is 182 Å². The van der Waals surface area contributed by atoms with Gasteiger partial charge in [-0.15, -0.1) is 0 Å². The highest BCUT2D eigenvalue weighted by Crippen LogP contribution is 2.29. The SMILES string of the molecule is O=C(NCC(c1ccc(C(F)(F)F)nc1)N1CCCCC1)c1cccc2ncc(Cl)n12. The molecule has 0 bridgehead atoms. The summed E-state index contributed by atoms with van der Waals surface area (Å²) < 4.78 is 40.3. The minimum absolute atomic E-state index is 0.231. The molecule has 0 spiro atoms. The van der Waals surface area contributed by atoms with Gasteiger partial charge in [-0.05, 0) is 49.7 Å². The highest BCUT2D eigenvalue weighted by atomic mass is 35.5. The van der Waals surface area contributed by atoms with Crippen molar-refractivity contribution < 1.29 is 18.0 Å². The third-order valence-electron chi connectivity index (χ3n) is 5.47. The number of fused-ring (bicyclic) bond motifs is 1. The molecule has 1 aliphatic rings. The average molecular weight is 452 g/mol. The van der Waals surface area contributed by atoms with Gasteiger partial charge in [0.25, 0.3) is 5.91 Å². The van der Waals surface area contributed by atoms with Gasteiger partial charge >= 0.3 is 6.18 Å². The largest absolute Gasteiger partial charge is 0.433 e. The van der Waals surface area contributed by atoms with Crippen LogP contribution in [-0.2, 0) is 6.18 Å². The second-order valence-electron chi connectivity index (χ2n) is 7.48. The third kappa shape index (κ3) is 4.67. The van der Waals surface area contributed by atoms with Gasteiger partial charge in [0.2, 0.25) is 0 Å². The maximum Gasteiger partial charge on any atom is 0.433 e. The number of rotatable bonds is 5. The number of aromatic nitrogens is 3. The fourth-order valence-corrected chi connectivity index (χ4v) is 4.14. The van der Waals surface area contributed by atoms with Crippen LogP contribution in [0, 0.1) is 0 Å². The van der Waals surface area contributed by atoms with Gasteiger partial charge in [0.15, 0.2) is 0 Å². The fraction of sp³-hybridized carbons (Fsp3) is 0.381. The molecule has 1 N–H and O–H groups in total. The molecule has 6 nitrogen and oxygen atoms in total. The number of carbonyl (C=O) groups excluding carboxylic acids is 1. The molecule has 3 aromatic heterocycles. The van der Waals surface area contributed by atoms with Gasteiger partial charge in [-0.1, -0.05) is 30.2 Å². The van der Waals surface area contributed by atoms with Crippen molar-refractivity contribution in [3.05, 3.63) is 64.8 Å². The summed E-state index contributed by atoms with van der Waals surface area (Å²) in [6.45, 7) is 1.85. The Morgan fingerprint density at radius 2 is 1.87 bits per heavy atom. The van der Waals surface area contributed by atoms with Gasteiger partial charge in [0, 0.05) is 12.7 Å². The summed E-state index contributed by atoms with van der Waals surface area (Å²) in [5, 5.41) is 3.23. The Morgan fingerprint density at radius 3 is 2.55 bits per heavy atom. The van der Waals surface area contributed by atoms with E-state index in [9.17, 15) is 18.0 Å². The predicted molar refractivity (Wildman–Crippen MR) is 110 cm³/mol. The number of hydrogen-bond acceptors (Lipinski definition) is 4. The predicted octanol–water partition coefficient (Wildman–Crippen LogP) is 4.36. The van der Waals surface area contributed by atoms with Crippen molar-refractivity contribution in [3.63, 3.8) is 0 Å². The van der Waals surface area contributed by atoms with Gasteiger partial charge in [-0.25, -0.2) is 4.98 Å². The van der Waals surface area contributed by atoms with Gasteiger partial charge in [0.1, 0.15) is 22.2 Å². The fourth-order valence-electron chi connectivity index (χ4n) is 3.92. The molecule has 1 fully saturated rings. The van der Waals surface area contributed by atoms with E-state index in [0.717, 1.165) is 38.4 Å². The molecule has 3 aromatic rings. The van der Waals surface area contributed by atoms with Crippen molar-refractivity contribution >= 4 is 23.2 Å². The Bertz CT molecular complexity index is 1060. The van der Waals surface area contributed by atoms with E-state index < -0.39 is 11.9 Å². The van der Waals surface area contributed by atoms with Crippen LogP contribution in [0.2, 0.25) is 5.15 Å². The summed E-state index contributed by atoms with van der Waals surface area (Å²) in [6, 6.07) is 7.25. The summed E-state index contributed by atoms with van der Waals surface area (Å²) in [6.07, 6.45) is 1.35. The van der Waals surface area contributed by atoms with Crippen LogP contribution in [0.1, 0.15) is 47.1 Å². The lowest BCUT2D eigenvalue weighted by Gasteiger charge is -2.35. The van der Waals surface area contributed by atoms with Crippen molar-refractivity contribution in [1.29, 1.82) is 0 Å². The normalized spacial score (nSPS) is 16.4. The van der Waals surface area contributed by atoms with Crippen LogP contribution in [0.5, 0.6) is 0 Å². The van der Waals surface area contributed by atoms with E-state index in [2.05, 4.69) is 20.2 Å². The van der Waals surface area contributed by atoms with Crippen molar-refractivity contribution in [2.75, 3.05) is 19.6 Å². The Hall–Kier alpha value is -2.65. The number of pyridine rings is 2. The minimum Gasteiger partial charge on any atom is -0.349 e. The molecule has 0 saturated carbocycles. The zero-order valence-electron chi connectivity index (χ0n) is 16.6. The first-order chi connectivity index (χ1) is 14.8. The number of nitrogens with one attached hydrogen (secondary N) is 1. The molecule has 1 amide bonds. The van der Waals surface area contributed by atoms with E-state index in [4.69, 9.17) is 11.6 Å². The van der Waals surface area contributed by atoms with Gasteiger partial charge in [0.05, 0.1) is 12.2 Å². The molecule has 0 aliphatic carbocycles. The molecular formula is C21H21ClF3N5O. The summed E-state index contributed by atoms with van der Waals surface area (Å²) in [5.74, 6) is -0.340. The summed E-state index contributed by atoms with van der Waals surface area (Å²) >= 11 is 6.17. The van der Waals surface area contributed by atoms with Crippen LogP contribution in [0.3, 0.4) is 0 Å². The zero-order chi connectivity index (χ0) is 22.0. The molecule has 1 atom stereocenters.